The van der Waals surface area contributed by atoms with E-state index in [0.29, 0.717) is 5.56 Å². The second kappa shape index (κ2) is 6.62. The van der Waals surface area contributed by atoms with E-state index in [9.17, 15) is 18.0 Å². The van der Waals surface area contributed by atoms with Crippen molar-refractivity contribution in [2.24, 2.45) is 0 Å². The molecule has 0 aromatic heterocycles. The van der Waals surface area contributed by atoms with Gasteiger partial charge in [0, 0.05) is 11.6 Å². The summed E-state index contributed by atoms with van der Waals surface area (Å²) in [4.78, 5) is 22.6. The lowest BCUT2D eigenvalue weighted by molar-refractivity contribution is -0.120. The fourth-order valence-corrected chi connectivity index (χ4v) is 2.53. The molecular weight excluding hydrogens is 280 g/mol. The fourth-order valence-electron chi connectivity index (χ4n) is 1.50. The van der Waals surface area contributed by atoms with Crippen molar-refractivity contribution in [2.45, 2.75) is 31.7 Å². The molecular formula is C13H18N2O4S. The number of nitrogens with one attached hydrogen (secondary N) is 2. The van der Waals surface area contributed by atoms with E-state index >= 15 is 0 Å². The highest BCUT2D eigenvalue weighted by atomic mass is 32.2. The normalized spacial score (nSPS) is 11.4. The van der Waals surface area contributed by atoms with Gasteiger partial charge in [0.15, 0.2) is 5.78 Å². The summed E-state index contributed by atoms with van der Waals surface area (Å²) in [6.07, 6.45) is 0. The predicted molar refractivity (Wildman–Crippen MR) is 74.9 cm³/mol. The second-order valence-electron chi connectivity index (χ2n) is 4.63. The van der Waals surface area contributed by atoms with Gasteiger partial charge in [0.05, 0.1) is 11.4 Å². The van der Waals surface area contributed by atoms with Crippen LogP contribution in [0.2, 0.25) is 0 Å². The second-order valence-corrected chi connectivity index (χ2v) is 6.40. The average Bonchev–Trinajstić information content (AvgIpc) is 2.36. The summed E-state index contributed by atoms with van der Waals surface area (Å²) in [6, 6.07) is 5.61. The Balaban J connectivity index is 2.81. The molecule has 1 rings (SSSR count). The minimum absolute atomic E-state index is 0.0393. The Hall–Kier alpha value is -1.73. The fraction of sp³-hybridized carbons (Fsp3) is 0.385. The van der Waals surface area contributed by atoms with Crippen LogP contribution in [0, 0.1) is 0 Å². The van der Waals surface area contributed by atoms with E-state index in [1.165, 1.54) is 31.2 Å². The van der Waals surface area contributed by atoms with Crippen LogP contribution >= 0.6 is 0 Å². The van der Waals surface area contributed by atoms with Gasteiger partial charge in [0.1, 0.15) is 0 Å². The van der Waals surface area contributed by atoms with Gasteiger partial charge in [-0.3, -0.25) is 9.59 Å². The number of benzene rings is 1. The molecule has 0 heterocycles. The van der Waals surface area contributed by atoms with E-state index in [1.807, 2.05) is 0 Å². The molecule has 1 aromatic carbocycles. The first kappa shape index (κ1) is 16.3. The maximum absolute atomic E-state index is 12.0. The Morgan fingerprint density at radius 3 is 2.45 bits per heavy atom. The number of carbonyl (C=O) groups excluding carboxylic acids is 2. The molecule has 0 saturated heterocycles. The monoisotopic (exact) mass is 298 g/mol. The standard InChI is InChI=1S/C13H18N2O4S/c1-9(2)15-13(17)8-14-20(18,19)12-6-4-5-11(7-12)10(3)16/h4-7,9,14H,8H2,1-3H3,(H,15,17). The van der Waals surface area contributed by atoms with Crippen molar-refractivity contribution >= 4 is 21.7 Å². The van der Waals surface area contributed by atoms with Crippen LogP contribution in [0.4, 0.5) is 0 Å². The van der Waals surface area contributed by atoms with Gasteiger partial charge >= 0.3 is 0 Å². The van der Waals surface area contributed by atoms with Crippen LogP contribution in [0.1, 0.15) is 31.1 Å². The van der Waals surface area contributed by atoms with Crippen molar-refractivity contribution < 1.29 is 18.0 Å². The molecule has 0 spiro atoms. The molecule has 20 heavy (non-hydrogen) atoms. The van der Waals surface area contributed by atoms with E-state index in [-0.39, 0.29) is 23.3 Å². The minimum atomic E-state index is -3.81. The predicted octanol–water partition coefficient (Wildman–Crippen LogP) is 0.692. The van der Waals surface area contributed by atoms with E-state index < -0.39 is 15.9 Å². The third-order valence-electron chi connectivity index (χ3n) is 2.42. The van der Waals surface area contributed by atoms with Crippen LogP contribution in [0.15, 0.2) is 29.2 Å². The summed E-state index contributed by atoms with van der Waals surface area (Å²) < 4.78 is 26.2. The number of sulfonamides is 1. The largest absolute Gasteiger partial charge is 0.353 e. The van der Waals surface area contributed by atoms with Gasteiger partial charge in [-0.15, -0.1) is 0 Å². The van der Waals surface area contributed by atoms with Crippen molar-refractivity contribution in [1.29, 1.82) is 0 Å². The molecule has 0 aliphatic heterocycles. The van der Waals surface area contributed by atoms with E-state index in [4.69, 9.17) is 0 Å². The van der Waals surface area contributed by atoms with Gasteiger partial charge in [-0.1, -0.05) is 12.1 Å². The van der Waals surface area contributed by atoms with Crippen LogP contribution in [0.25, 0.3) is 0 Å². The number of rotatable bonds is 6. The highest BCUT2D eigenvalue weighted by Crippen LogP contribution is 2.11. The van der Waals surface area contributed by atoms with Crippen molar-refractivity contribution in [3.8, 4) is 0 Å². The average molecular weight is 298 g/mol. The third-order valence-corrected chi connectivity index (χ3v) is 3.82. The Kier molecular flexibility index (Phi) is 5.41. The number of carbonyl (C=O) groups is 2. The summed E-state index contributed by atoms with van der Waals surface area (Å²) in [5, 5.41) is 2.58. The van der Waals surface area contributed by atoms with Crippen LogP contribution in [-0.2, 0) is 14.8 Å². The number of ketones is 1. The van der Waals surface area contributed by atoms with Gasteiger partial charge < -0.3 is 5.32 Å². The summed E-state index contributed by atoms with van der Waals surface area (Å²) in [7, 11) is -3.81. The van der Waals surface area contributed by atoms with Crippen LogP contribution in [0.3, 0.4) is 0 Å². The quantitative estimate of drug-likeness (QED) is 0.756. The molecule has 110 valence electrons. The topological polar surface area (TPSA) is 92.3 Å². The van der Waals surface area contributed by atoms with E-state index in [0.717, 1.165) is 0 Å². The number of hydrogen-bond donors (Lipinski definition) is 2. The molecule has 7 heteroatoms. The summed E-state index contributed by atoms with van der Waals surface area (Å²) in [6.45, 7) is 4.57. The smallest absolute Gasteiger partial charge is 0.241 e. The zero-order valence-electron chi connectivity index (χ0n) is 11.6. The molecule has 0 aliphatic rings. The highest BCUT2D eigenvalue weighted by Gasteiger charge is 2.16. The molecule has 6 nitrogen and oxygen atoms in total. The zero-order chi connectivity index (χ0) is 15.3. The van der Waals surface area contributed by atoms with E-state index in [2.05, 4.69) is 10.0 Å². The summed E-state index contributed by atoms with van der Waals surface area (Å²) in [5.41, 5.74) is 0.305. The van der Waals surface area contributed by atoms with Crippen LogP contribution < -0.4 is 10.0 Å². The first-order chi connectivity index (χ1) is 9.22. The summed E-state index contributed by atoms with van der Waals surface area (Å²) >= 11 is 0. The Morgan fingerprint density at radius 2 is 1.90 bits per heavy atom. The van der Waals surface area contributed by atoms with Crippen molar-refractivity contribution in [3.63, 3.8) is 0 Å². The van der Waals surface area contributed by atoms with E-state index in [1.54, 1.807) is 13.8 Å². The number of hydrogen-bond acceptors (Lipinski definition) is 4. The molecule has 0 aliphatic carbocycles. The molecule has 0 atom stereocenters. The molecule has 0 bridgehead atoms. The van der Waals surface area contributed by atoms with Crippen molar-refractivity contribution in [3.05, 3.63) is 29.8 Å². The lowest BCUT2D eigenvalue weighted by Crippen LogP contribution is -2.39. The van der Waals surface area contributed by atoms with Crippen molar-refractivity contribution in [1.82, 2.24) is 10.0 Å². The molecule has 1 aromatic rings. The molecule has 0 saturated carbocycles. The van der Waals surface area contributed by atoms with Crippen LogP contribution in [0.5, 0.6) is 0 Å². The lowest BCUT2D eigenvalue weighted by Gasteiger charge is -2.10. The molecule has 0 unspecified atom stereocenters. The molecule has 0 fully saturated rings. The number of amides is 1. The Labute approximate surface area is 118 Å². The highest BCUT2D eigenvalue weighted by molar-refractivity contribution is 7.89. The maximum atomic E-state index is 12.0. The first-order valence-electron chi connectivity index (χ1n) is 6.12. The minimum Gasteiger partial charge on any atom is -0.353 e. The molecule has 2 N–H and O–H groups in total. The summed E-state index contributed by atoms with van der Waals surface area (Å²) in [5.74, 6) is -0.633. The molecule has 1 amide bonds. The van der Waals surface area contributed by atoms with Gasteiger partial charge in [-0.2, -0.15) is 0 Å². The first-order valence-corrected chi connectivity index (χ1v) is 7.60. The van der Waals surface area contributed by atoms with Gasteiger partial charge in [-0.05, 0) is 32.9 Å². The van der Waals surface area contributed by atoms with Crippen molar-refractivity contribution in [2.75, 3.05) is 6.54 Å². The maximum Gasteiger partial charge on any atom is 0.241 e. The third kappa shape index (κ3) is 4.75. The van der Waals surface area contributed by atoms with Gasteiger partial charge in [0.2, 0.25) is 15.9 Å². The van der Waals surface area contributed by atoms with Gasteiger partial charge in [0.25, 0.3) is 0 Å². The Bertz CT molecular complexity index is 609. The zero-order valence-corrected chi connectivity index (χ0v) is 12.5. The lowest BCUT2D eigenvalue weighted by atomic mass is 10.2. The van der Waals surface area contributed by atoms with Crippen LogP contribution in [-0.4, -0.2) is 32.7 Å². The molecule has 0 radical (unpaired) electrons. The SMILES string of the molecule is CC(=O)c1cccc(S(=O)(=O)NCC(=O)NC(C)C)c1. The number of Topliss-reactive ketones (excluding diaryl/α,β-unsaturated/α-hetero) is 1. The van der Waals surface area contributed by atoms with Gasteiger partial charge in [-0.25, -0.2) is 13.1 Å². The Morgan fingerprint density at radius 1 is 1.25 bits per heavy atom.